The number of rotatable bonds is 2. The number of alkyl halides is 2. The zero-order chi connectivity index (χ0) is 11.6. The number of pyridine rings is 1. The minimum absolute atomic E-state index is 0.108. The molecule has 6 heteroatoms. The van der Waals surface area contributed by atoms with Crippen molar-refractivity contribution in [3.05, 3.63) is 28.6 Å². The topological polar surface area (TPSA) is 74.0 Å². The number of nitrogens with zero attached hydrogens (tertiary/aromatic N) is 2. The molecule has 0 bridgehead atoms. The molecule has 0 aliphatic carbocycles. The maximum atomic E-state index is 12.6. The number of carboxylic acids is 1. The van der Waals surface area contributed by atoms with Gasteiger partial charge in [0.1, 0.15) is 11.8 Å². The summed E-state index contributed by atoms with van der Waals surface area (Å²) in [7, 11) is 0. The van der Waals surface area contributed by atoms with Gasteiger partial charge in [-0.1, -0.05) is 0 Å². The number of hydrogen-bond donors (Lipinski definition) is 1. The van der Waals surface area contributed by atoms with E-state index in [-0.39, 0.29) is 5.56 Å². The Morgan fingerprint density at radius 3 is 2.67 bits per heavy atom. The predicted octanol–water partition coefficient (Wildman–Crippen LogP) is 1.90. The van der Waals surface area contributed by atoms with E-state index in [4.69, 9.17) is 10.4 Å². The predicted molar refractivity (Wildman–Crippen MR) is 45.6 cm³/mol. The van der Waals surface area contributed by atoms with Crippen molar-refractivity contribution in [1.29, 1.82) is 5.26 Å². The number of aromatic nitrogens is 1. The van der Waals surface area contributed by atoms with Gasteiger partial charge < -0.3 is 5.11 Å². The third-order valence-electron chi connectivity index (χ3n) is 1.84. The quantitative estimate of drug-likeness (QED) is 0.812. The van der Waals surface area contributed by atoms with Crippen LogP contribution in [-0.4, -0.2) is 16.1 Å². The molecule has 0 fully saturated rings. The van der Waals surface area contributed by atoms with Crippen molar-refractivity contribution in [1.82, 2.24) is 4.98 Å². The number of hydrogen-bond acceptors (Lipinski definition) is 3. The highest BCUT2D eigenvalue weighted by molar-refractivity contribution is 5.91. The first-order valence-corrected chi connectivity index (χ1v) is 3.90. The molecule has 15 heavy (non-hydrogen) atoms. The number of carbonyl (C=O) groups is 1. The zero-order valence-corrected chi connectivity index (χ0v) is 7.66. The van der Waals surface area contributed by atoms with Crippen LogP contribution in [0.1, 0.15) is 33.6 Å². The van der Waals surface area contributed by atoms with Gasteiger partial charge in [0.2, 0.25) is 0 Å². The lowest BCUT2D eigenvalue weighted by Crippen LogP contribution is -2.09. The van der Waals surface area contributed by atoms with Crippen LogP contribution < -0.4 is 0 Å². The van der Waals surface area contributed by atoms with Crippen molar-refractivity contribution >= 4 is 5.97 Å². The fraction of sp³-hybridized carbons (Fsp3) is 0.222. The van der Waals surface area contributed by atoms with E-state index >= 15 is 0 Å². The van der Waals surface area contributed by atoms with Crippen LogP contribution in [0.25, 0.3) is 0 Å². The second-order valence-electron chi connectivity index (χ2n) is 2.80. The number of nitriles is 1. The van der Waals surface area contributed by atoms with Gasteiger partial charge in [0.05, 0.1) is 11.1 Å². The number of aryl methyl sites for hydroxylation is 1. The molecule has 0 atom stereocenters. The van der Waals surface area contributed by atoms with Gasteiger partial charge in [-0.15, -0.1) is 0 Å². The second-order valence-corrected chi connectivity index (χ2v) is 2.80. The summed E-state index contributed by atoms with van der Waals surface area (Å²) < 4.78 is 25.1. The fourth-order valence-electron chi connectivity index (χ4n) is 1.21. The van der Waals surface area contributed by atoms with E-state index in [9.17, 15) is 13.6 Å². The summed E-state index contributed by atoms with van der Waals surface area (Å²) in [4.78, 5) is 14.2. The second kappa shape index (κ2) is 4.00. The fourth-order valence-corrected chi connectivity index (χ4v) is 1.21. The summed E-state index contributed by atoms with van der Waals surface area (Å²) in [5.41, 5.74) is -1.80. The molecule has 78 valence electrons. The van der Waals surface area contributed by atoms with Crippen LogP contribution in [0, 0.1) is 18.3 Å². The molecule has 1 N–H and O–H groups in total. The van der Waals surface area contributed by atoms with Crippen LogP contribution in [0.15, 0.2) is 6.20 Å². The van der Waals surface area contributed by atoms with Gasteiger partial charge >= 0.3 is 5.97 Å². The summed E-state index contributed by atoms with van der Waals surface area (Å²) in [6.45, 7) is 1.35. The monoisotopic (exact) mass is 212 g/mol. The number of halogens is 2. The molecule has 0 aromatic carbocycles. The maximum Gasteiger partial charge on any atom is 0.336 e. The van der Waals surface area contributed by atoms with Gasteiger partial charge in [-0.05, 0) is 12.5 Å². The van der Waals surface area contributed by atoms with Crippen molar-refractivity contribution in [2.75, 3.05) is 0 Å². The van der Waals surface area contributed by atoms with Crippen LogP contribution in [-0.2, 0) is 0 Å². The summed E-state index contributed by atoms with van der Waals surface area (Å²) in [6.07, 6.45) is -1.94. The van der Waals surface area contributed by atoms with Gasteiger partial charge in [0.25, 0.3) is 6.43 Å². The Hall–Kier alpha value is -2.03. The Morgan fingerprint density at radius 1 is 1.67 bits per heavy atom. The van der Waals surface area contributed by atoms with Crippen LogP contribution in [0.5, 0.6) is 0 Å². The van der Waals surface area contributed by atoms with Crippen molar-refractivity contribution in [3.8, 4) is 6.07 Å². The Labute approximate surface area is 83.8 Å². The molecule has 0 amide bonds. The molecule has 1 heterocycles. The molecule has 0 radical (unpaired) electrons. The Bertz CT molecular complexity index is 452. The highest BCUT2D eigenvalue weighted by atomic mass is 19.3. The van der Waals surface area contributed by atoms with E-state index in [1.54, 1.807) is 0 Å². The highest BCUT2D eigenvalue weighted by Crippen LogP contribution is 2.27. The molecule has 0 aliphatic heterocycles. The molecule has 1 aromatic heterocycles. The first kappa shape index (κ1) is 11.0. The maximum absolute atomic E-state index is 12.6. The SMILES string of the molecule is Cc1cnc(C#N)c(C(F)F)c1C(=O)O. The molecule has 0 saturated carbocycles. The standard InChI is InChI=1S/C9H6F2N2O2/c1-4-3-13-5(2-12)7(8(10)11)6(4)9(14)15/h3,8H,1H3,(H,14,15). The summed E-state index contributed by atoms with van der Waals surface area (Å²) in [6, 6.07) is 1.44. The van der Waals surface area contributed by atoms with Gasteiger partial charge in [0, 0.05) is 6.20 Å². The molecule has 4 nitrogen and oxygen atoms in total. The van der Waals surface area contributed by atoms with Crippen LogP contribution >= 0.6 is 0 Å². The highest BCUT2D eigenvalue weighted by Gasteiger charge is 2.24. The average Bonchev–Trinajstić information content (AvgIpc) is 2.16. The largest absolute Gasteiger partial charge is 0.478 e. The van der Waals surface area contributed by atoms with E-state index in [1.165, 1.54) is 13.0 Å². The summed E-state index contributed by atoms with van der Waals surface area (Å²) in [5, 5.41) is 17.3. The molecular formula is C9H6F2N2O2. The average molecular weight is 212 g/mol. The Kier molecular flexibility index (Phi) is 2.95. The molecule has 1 rings (SSSR count). The zero-order valence-electron chi connectivity index (χ0n) is 7.66. The minimum atomic E-state index is -3.03. The minimum Gasteiger partial charge on any atom is -0.478 e. The van der Waals surface area contributed by atoms with Crippen molar-refractivity contribution in [3.63, 3.8) is 0 Å². The van der Waals surface area contributed by atoms with Gasteiger partial charge in [-0.25, -0.2) is 18.6 Å². The number of aromatic carboxylic acids is 1. The van der Waals surface area contributed by atoms with E-state index in [0.29, 0.717) is 0 Å². The smallest absolute Gasteiger partial charge is 0.336 e. The Morgan fingerprint density at radius 2 is 2.27 bits per heavy atom. The first-order valence-electron chi connectivity index (χ1n) is 3.90. The lowest BCUT2D eigenvalue weighted by molar-refractivity contribution is 0.0683. The van der Waals surface area contributed by atoms with Gasteiger partial charge in [-0.2, -0.15) is 5.26 Å². The molecule has 0 aliphatic rings. The van der Waals surface area contributed by atoms with Crippen molar-refractivity contribution in [2.24, 2.45) is 0 Å². The van der Waals surface area contributed by atoms with E-state index in [0.717, 1.165) is 6.20 Å². The lowest BCUT2D eigenvalue weighted by atomic mass is 10.0. The lowest BCUT2D eigenvalue weighted by Gasteiger charge is -2.08. The number of carboxylic acid groups (broad SMARTS) is 1. The van der Waals surface area contributed by atoms with Crippen LogP contribution in [0.3, 0.4) is 0 Å². The van der Waals surface area contributed by atoms with Crippen molar-refractivity contribution in [2.45, 2.75) is 13.3 Å². The Balaban J connectivity index is 3.60. The van der Waals surface area contributed by atoms with E-state index < -0.39 is 29.2 Å². The van der Waals surface area contributed by atoms with Crippen LogP contribution in [0.2, 0.25) is 0 Å². The van der Waals surface area contributed by atoms with Crippen molar-refractivity contribution < 1.29 is 18.7 Å². The van der Waals surface area contributed by atoms with E-state index in [2.05, 4.69) is 4.98 Å². The van der Waals surface area contributed by atoms with E-state index in [1.807, 2.05) is 0 Å². The van der Waals surface area contributed by atoms with Crippen LogP contribution in [0.4, 0.5) is 8.78 Å². The molecular weight excluding hydrogens is 206 g/mol. The third kappa shape index (κ3) is 1.91. The van der Waals surface area contributed by atoms with Gasteiger partial charge in [0.15, 0.2) is 0 Å². The summed E-state index contributed by atoms with van der Waals surface area (Å²) >= 11 is 0. The molecule has 0 spiro atoms. The molecule has 0 saturated heterocycles. The molecule has 0 unspecified atom stereocenters. The van der Waals surface area contributed by atoms with Gasteiger partial charge in [-0.3, -0.25) is 0 Å². The third-order valence-corrected chi connectivity index (χ3v) is 1.84. The first-order chi connectivity index (χ1) is 6.99. The molecule has 1 aromatic rings. The summed E-state index contributed by atoms with van der Waals surface area (Å²) in [5.74, 6) is -1.48. The normalized spacial score (nSPS) is 10.1.